The van der Waals surface area contributed by atoms with Crippen molar-refractivity contribution >= 4 is 12.3 Å². The van der Waals surface area contributed by atoms with E-state index in [4.69, 9.17) is 4.74 Å². The molecule has 0 saturated carbocycles. The monoisotopic (exact) mass is 158 g/mol. The van der Waals surface area contributed by atoms with E-state index in [-0.39, 0.29) is 13.2 Å². The van der Waals surface area contributed by atoms with Crippen LogP contribution in [-0.4, -0.2) is 32.6 Å². The maximum Gasteiger partial charge on any atom is 0.331 e. The molecule has 0 saturated heterocycles. The van der Waals surface area contributed by atoms with Gasteiger partial charge < -0.3 is 9.47 Å². The smallest absolute Gasteiger partial charge is 0.331 e. The van der Waals surface area contributed by atoms with Crippen LogP contribution in [0.1, 0.15) is 0 Å². The van der Waals surface area contributed by atoms with Crippen molar-refractivity contribution in [2.45, 2.75) is 0 Å². The number of allylic oxidation sites excluding steroid dienone is 1. The molecule has 4 nitrogen and oxygen atoms in total. The second-order valence-corrected chi connectivity index (χ2v) is 1.66. The third-order valence-corrected chi connectivity index (χ3v) is 0.876. The van der Waals surface area contributed by atoms with Gasteiger partial charge in [0.25, 0.3) is 0 Å². The second-order valence-electron chi connectivity index (χ2n) is 1.66. The Morgan fingerprint density at radius 3 is 2.82 bits per heavy atom. The average Bonchev–Trinajstić information content (AvgIpc) is 2.04. The lowest BCUT2D eigenvalue weighted by Gasteiger charge is -1.97. The van der Waals surface area contributed by atoms with Gasteiger partial charge in [0.1, 0.15) is 12.9 Å². The molecule has 0 rings (SSSR count). The van der Waals surface area contributed by atoms with E-state index >= 15 is 0 Å². The Morgan fingerprint density at radius 2 is 2.27 bits per heavy atom. The molecule has 0 aliphatic heterocycles. The Labute approximate surface area is 64.8 Å². The van der Waals surface area contributed by atoms with Crippen LogP contribution in [0.5, 0.6) is 0 Å². The van der Waals surface area contributed by atoms with Gasteiger partial charge in [-0.2, -0.15) is 0 Å². The van der Waals surface area contributed by atoms with Crippen LogP contribution in [-0.2, 0) is 19.1 Å². The Hall–Kier alpha value is -1.16. The standard InChI is InChI=1S/C7H10O4/c1-10-7(9)6-11-5-3-2-4-8/h2-4H,5-6H2,1H3. The molecular weight excluding hydrogens is 148 g/mol. The van der Waals surface area contributed by atoms with Gasteiger partial charge >= 0.3 is 5.97 Å². The first-order valence-electron chi connectivity index (χ1n) is 3.06. The van der Waals surface area contributed by atoms with E-state index < -0.39 is 5.97 Å². The maximum absolute atomic E-state index is 10.4. The number of carbonyl (C=O) groups excluding carboxylic acids is 2. The second kappa shape index (κ2) is 6.95. The van der Waals surface area contributed by atoms with E-state index in [1.54, 1.807) is 0 Å². The summed E-state index contributed by atoms with van der Waals surface area (Å²) in [5.74, 6) is -0.426. The van der Waals surface area contributed by atoms with Crippen molar-refractivity contribution in [1.82, 2.24) is 0 Å². The number of hydrogen-bond acceptors (Lipinski definition) is 4. The number of carbonyl (C=O) groups is 2. The molecule has 0 fully saturated rings. The highest BCUT2D eigenvalue weighted by atomic mass is 16.6. The highest BCUT2D eigenvalue weighted by Crippen LogP contribution is 1.79. The summed E-state index contributed by atoms with van der Waals surface area (Å²) in [6, 6.07) is 0. The fraction of sp³-hybridized carbons (Fsp3) is 0.429. The summed E-state index contributed by atoms with van der Waals surface area (Å²) in [4.78, 5) is 20.1. The van der Waals surface area contributed by atoms with Crippen LogP contribution in [0.25, 0.3) is 0 Å². The largest absolute Gasteiger partial charge is 0.467 e. The molecule has 0 N–H and O–H groups in total. The quantitative estimate of drug-likeness (QED) is 0.243. The van der Waals surface area contributed by atoms with Gasteiger partial charge in [0.05, 0.1) is 13.7 Å². The molecule has 0 aromatic carbocycles. The molecule has 0 spiro atoms. The molecular formula is C7H10O4. The topological polar surface area (TPSA) is 52.6 Å². The van der Waals surface area contributed by atoms with E-state index in [1.807, 2.05) is 0 Å². The fourth-order valence-corrected chi connectivity index (χ4v) is 0.380. The molecule has 0 heterocycles. The normalized spacial score (nSPS) is 9.91. The maximum atomic E-state index is 10.4. The Bertz CT molecular complexity index is 151. The van der Waals surface area contributed by atoms with Gasteiger partial charge in [-0.3, -0.25) is 4.79 Å². The number of aldehydes is 1. The molecule has 11 heavy (non-hydrogen) atoms. The third kappa shape index (κ3) is 6.73. The van der Waals surface area contributed by atoms with E-state index in [2.05, 4.69) is 4.74 Å². The molecule has 0 aromatic heterocycles. The van der Waals surface area contributed by atoms with E-state index in [0.717, 1.165) is 0 Å². The summed E-state index contributed by atoms with van der Waals surface area (Å²) >= 11 is 0. The zero-order valence-corrected chi connectivity index (χ0v) is 6.28. The lowest BCUT2D eigenvalue weighted by atomic mass is 10.5. The molecule has 4 heteroatoms. The van der Waals surface area contributed by atoms with Crippen LogP contribution in [0.2, 0.25) is 0 Å². The van der Waals surface area contributed by atoms with Gasteiger partial charge in [-0.25, -0.2) is 4.79 Å². The number of methoxy groups -OCH3 is 1. The zero-order chi connectivity index (χ0) is 8.53. The van der Waals surface area contributed by atoms with Crippen molar-refractivity contribution < 1.29 is 19.1 Å². The SMILES string of the molecule is COC(=O)COCC=CC=O. The van der Waals surface area contributed by atoms with E-state index in [1.165, 1.54) is 19.3 Å². The van der Waals surface area contributed by atoms with Crippen molar-refractivity contribution in [3.05, 3.63) is 12.2 Å². The molecule has 0 atom stereocenters. The molecule has 62 valence electrons. The summed E-state index contributed by atoms with van der Waals surface area (Å²) in [6.07, 6.45) is 3.45. The van der Waals surface area contributed by atoms with Crippen LogP contribution < -0.4 is 0 Å². The van der Waals surface area contributed by atoms with Crippen molar-refractivity contribution in [3.63, 3.8) is 0 Å². The predicted molar refractivity (Wildman–Crippen MR) is 38.0 cm³/mol. The van der Waals surface area contributed by atoms with Crippen LogP contribution in [0.15, 0.2) is 12.2 Å². The summed E-state index contributed by atoms with van der Waals surface area (Å²) in [7, 11) is 1.28. The first-order chi connectivity index (χ1) is 5.31. The lowest BCUT2D eigenvalue weighted by Crippen LogP contribution is -2.09. The molecule has 0 aliphatic carbocycles. The minimum atomic E-state index is -0.426. The van der Waals surface area contributed by atoms with Crippen LogP contribution >= 0.6 is 0 Å². The van der Waals surface area contributed by atoms with Gasteiger partial charge in [-0.1, -0.05) is 6.08 Å². The van der Waals surface area contributed by atoms with Gasteiger partial charge in [0.2, 0.25) is 0 Å². The Balaban J connectivity index is 3.20. The lowest BCUT2D eigenvalue weighted by molar-refractivity contribution is -0.145. The minimum absolute atomic E-state index is 0.0836. The molecule has 0 unspecified atom stereocenters. The molecule has 0 aliphatic rings. The van der Waals surface area contributed by atoms with Gasteiger partial charge in [-0.05, 0) is 6.08 Å². The fourth-order valence-electron chi connectivity index (χ4n) is 0.380. The predicted octanol–water partition coefficient (Wildman–Crippen LogP) is -0.0689. The van der Waals surface area contributed by atoms with Gasteiger partial charge in [-0.15, -0.1) is 0 Å². The first kappa shape index (κ1) is 9.84. The number of rotatable bonds is 5. The summed E-state index contributed by atoms with van der Waals surface area (Å²) in [5.41, 5.74) is 0. The van der Waals surface area contributed by atoms with Crippen molar-refractivity contribution in [2.24, 2.45) is 0 Å². The highest BCUT2D eigenvalue weighted by Gasteiger charge is 1.96. The molecule has 0 aromatic rings. The molecule has 0 bridgehead atoms. The molecule has 0 radical (unpaired) electrons. The Morgan fingerprint density at radius 1 is 1.55 bits per heavy atom. The highest BCUT2D eigenvalue weighted by molar-refractivity contribution is 5.70. The van der Waals surface area contributed by atoms with Crippen LogP contribution in [0.3, 0.4) is 0 Å². The minimum Gasteiger partial charge on any atom is -0.467 e. The summed E-state index contributed by atoms with van der Waals surface area (Å²) < 4.78 is 9.07. The summed E-state index contributed by atoms with van der Waals surface area (Å²) in [6.45, 7) is 0.160. The van der Waals surface area contributed by atoms with Crippen LogP contribution in [0, 0.1) is 0 Å². The average molecular weight is 158 g/mol. The van der Waals surface area contributed by atoms with Crippen molar-refractivity contribution in [1.29, 1.82) is 0 Å². The van der Waals surface area contributed by atoms with Crippen LogP contribution in [0.4, 0.5) is 0 Å². The first-order valence-corrected chi connectivity index (χ1v) is 3.06. The van der Waals surface area contributed by atoms with E-state index in [9.17, 15) is 9.59 Å². The Kier molecular flexibility index (Phi) is 6.22. The van der Waals surface area contributed by atoms with E-state index in [0.29, 0.717) is 6.29 Å². The van der Waals surface area contributed by atoms with Crippen molar-refractivity contribution in [2.75, 3.05) is 20.3 Å². The van der Waals surface area contributed by atoms with Gasteiger partial charge in [0, 0.05) is 0 Å². The van der Waals surface area contributed by atoms with Gasteiger partial charge in [0.15, 0.2) is 0 Å². The number of esters is 1. The molecule has 0 amide bonds. The number of hydrogen-bond donors (Lipinski definition) is 0. The number of ether oxygens (including phenoxy) is 2. The third-order valence-electron chi connectivity index (χ3n) is 0.876. The van der Waals surface area contributed by atoms with Crippen molar-refractivity contribution in [3.8, 4) is 0 Å². The zero-order valence-electron chi connectivity index (χ0n) is 6.28. The summed E-state index contributed by atoms with van der Waals surface area (Å²) in [5, 5.41) is 0.